The molecule has 36 heavy (non-hydrogen) atoms. The number of hydrazone groups is 1. The van der Waals surface area contributed by atoms with Gasteiger partial charge >= 0.3 is 11.8 Å². The number of methoxy groups -OCH3 is 2. The zero-order chi connectivity index (χ0) is 25.9. The average molecular weight is 511 g/mol. The third-order valence-corrected chi connectivity index (χ3v) is 4.97. The van der Waals surface area contributed by atoms with Crippen LogP contribution >= 0.6 is 11.6 Å². The molecule has 3 aromatic rings. The van der Waals surface area contributed by atoms with Crippen molar-refractivity contribution in [2.75, 3.05) is 31.5 Å². The topological polar surface area (TPSA) is 127 Å². The van der Waals surface area contributed by atoms with E-state index in [1.54, 1.807) is 60.7 Å². The summed E-state index contributed by atoms with van der Waals surface area (Å²) in [6, 6.07) is 18.3. The summed E-state index contributed by atoms with van der Waals surface area (Å²) in [7, 11) is 2.92. The molecule has 3 rings (SSSR count). The first-order valence-electron chi connectivity index (χ1n) is 10.5. The fourth-order valence-corrected chi connectivity index (χ4v) is 3.04. The van der Waals surface area contributed by atoms with Crippen LogP contribution in [0.4, 0.5) is 11.4 Å². The van der Waals surface area contributed by atoms with Crippen LogP contribution in [0.1, 0.15) is 5.56 Å². The van der Waals surface area contributed by atoms with Crippen molar-refractivity contribution in [2.24, 2.45) is 5.10 Å². The molecule has 3 amide bonds. The van der Waals surface area contributed by atoms with Gasteiger partial charge in [0.05, 0.1) is 36.8 Å². The van der Waals surface area contributed by atoms with Crippen molar-refractivity contribution in [3.63, 3.8) is 0 Å². The van der Waals surface area contributed by atoms with Gasteiger partial charge in [0.25, 0.3) is 5.91 Å². The second-order valence-corrected chi connectivity index (χ2v) is 7.51. The fraction of sp³-hybridized carbons (Fsp3) is 0.120. The number of para-hydroxylation sites is 1. The number of carbonyl (C=O) groups is 3. The Kier molecular flexibility index (Phi) is 9.24. The molecule has 0 unspecified atom stereocenters. The van der Waals surface area contributed by atoms with Crippen molar-refractivity contribution in [1.82, 2.24) is 5.43 Å². The van der Waals surface area contributed by atoms with Crippen molar-refractivity contribution in [2.45, 2.75) is 0 Å². The molecule has 10 nitrogen and oxygen atoms in total. The van der Waals surface area contributed by atoms with Gasteiger partial charge in [-0.2, -0.15) is 5.10 Å². The molecule has 0 aliphatic carbocycles. The lowest BCUT2D eigenvalue weighted by molar-refractivity contribution is -0.136. The number of ether oxygens (including phenoxy) is 3. The maximum absolute atomic E-state index is 12.2. The number of anilines is 2. The number of carbonyl (C=O) groups excluding carboxylic acids is 3. The van der Waals surface area contributed by atoms with Gasteiger partial charge in [0, 0.05) is 6.07 Å². The largest absolute Gasteiger partial charge is 0.497 e. The van der Waals surface area contributed by atoms with Gasteiger partial charge in [-0.25, -0.2) is 5.43 Å². The lowest BCUT2D eigenvalue weighted by Crippen LogP contribution is -2.32. The van der Waals surface area contributed by atoms with Crippen molar-refractivity contribution < 1.29 is 28.6 Å². The Hall–Kier alpha value is -4.57. The van der Waals surface area contributed by atoms with Gasteiger partial charge < -0.3 is 24.8 Å². The van der Waals surface area contributed by atoms with Gasteiger partial charge in [-0.05, 0) is 54.1 Å². The molecule has 0 aliphatic rings. The summed E-state index contributed by atoms with van der Waals surface area (Å²) in [5, 5.41) is 9.32. The zero-order valence-electron chi connectivity index (χ0n) is 19.4. The minimum atomic E-state index is -0.972. The lowest BCUT2D eigenvalue weighted by Gasteiger charge is -2.11. The van der Waals surface area contributed by atoms with E-state index >= 15 is 0 Å². The Morgan fingerprint density at radius 2 is 1.58 bits per heavy atom. The highest BCUT2D eigenvalue weighted by Gasteiger charge is 2.16. The first-order chi connectivity index (χ1) is 17.4. The smallest absolute Gasteiger partial charge is 0.329 e. The Labute approximate surface area is 212 Å². The summed E-state index contributed by atoms with van der Waals surface area (Å²) in [6.45, 7) is -0.206. The van der Waals surface area contributed by atoms with Crippen LogP contribution in [0, 0.1) is 0 Å². The van der Waals surface area contributed by atoms with Crippen LogP contribution in [0.15, 0.2) is 71.8 Å². The van der Waals surface area contributed by atoms with E-state index in [2.05, 4.69) is 21.2 Å². The number of hydrogen-bond donors (Lipinski definition) is 3. The lowest BCUT2D eigenvalue weighted by atomic mass is 10.2. The number of rotatable bonds is 9. The molecule has 0 saturated carbocycles. The zero-order valence-corrected chi connectivity index (χ0v) is 20.2. The van der Waals surface area contributed by atoms with Crippen molar-refractivity contribution in [1.29, 1.82) is 0 Å². The highest BCUT2D eigenvalue weighted by molar-refractivity contribution is 6.39. The molecule has 0 spiro atoms. The second kappa shape index (κ2) is 12.8. The molecule has 0 saturated heterocycles. The molecule has 0 heterocycles. The van der Waals surface area contributed by atoms with Crippen molar-refractivity contribution in [3.8, 4) is 17.2 Å². The third kappa shape index (κ3) is 7.47. The molecule has 0 atom stereocenters. The van der Waals surface area contributed by atoms with Gasteiger partial charge in [-0.1, -0.05) is 23.7 Å². The van der Waals surface area contributed by atoms with Crippen LogP contribution in [0.3, 0.4) is 0 Å². The Balaban J connectivity index is 1.47. The van der Waals surface area contributed by atoms with Crippen LogP contribution in [-0.4, -0.2) is 44.8 Å². The summed E-state index contributed by atoms with van der Waals surface area (Å²) in [6.07, 6.45) is 1.35. The highest BCUT2D eigenvalue weighted by atomic mass is 35.5. The van der Waals surface area contributed by atoms with Crippen molar-refractivity contribution in [3.05, 3.63) is 77.3 Å². The molecule has 186 valence electrons. The van der Waals surface area contributed by atoms with E-state index in [4.69, 9.17) is 25.8 Å². The summed E-state index contributed by atoms with van der Waals surface area (Å²) in [5.41, 5.74) is 3.55. The van der Waals surface area contributed by atoms with E-state index in [0.717, 1.165) is 0 Å². The van der Waals surface area contributed by atoms with Gasteiger partial charge in [-0.3, -0.25) is 14.4 Å². The molecule has 0 aliphatic heterocycles. The van der Waals surface area contributed by atoms with Gasteiger partial charge in [-0.15, -0.1) is 0 Å². The van der Waals surface area contributed by atoms with Crippen LogP contribution < -0.4 is 30.3 Å². The summed E-state index contributed by atoms with van der Waals surface area (Å²) >= 11 is 6.02. The van der Waals surface area contributed by atoms with Crippen LogP contribution in [0.2, 0.25) is 5.02 Å². The standard InChI is InChI=1S/C25H23ClN4O6/c1-34-18-11-12-22(35-2)21(13-18)29-24(32)25(33)30-27-14-16-7-9-17(10-8-16)36-15-23(31)28-20-6-4-3-5-19(20)26/h3-14H,15H2,1-2H3,(H,28,31)(H,29,32)(H,30,33). The average Bonchev–Trinajstić information content (AvgIpc) is 2.89. The monoisotopic (exact) mass is 510 g/mol. The van der Waals surface area contributed by atoms with E-state index < -0.39 is 11.8 Å². The van der Waals surface area contributed by atoms with Crippen LogP contribution in [0.25, 0.3) is 0 Å². The van der Waals surface area contributed by atoms with E-state index in [-0.39, 0.29) is 18.2 Å². The minimum absolute atomic E-state index is 0.206. The van der Waals surface area contributed by atoms with Gasteiger partial charge in [0.15, 0.2) is 6.61 Å². The second-order valence-electron chi connectivity index (χ2n) is 7.11. The molecule has 3 aromatic carbocycles. The molecule has 11 heteroatoms. The van der Waals surface area contributed by atoms with Gasteiger partial charge in [0.1, 0.15) is 17.2 Å². The SMILES string of the molecule is COc1ccc(OC)c(NC(=O)C(=O)NN=Cc2ccc(OCC(=O)Nc3ccccc3Cl)cc2)c1. The third-order valence-electron chi connectivity index (χ3n) is 4.64. The number of nitrogens with zero attached hydrogens (tertiary/aromatic N) is 1. The van der Waals surface area contributed by atoms with Gasteiger partial charge in [0.2, 0.25) is 0 Å². The maximum atomic E-state index is 12.2. The number of nitrogens with one attached hydrogen (secondary N) is 3. The molecule has 0 aromatic heterocycles. The molecular weight excluding hydrogens is 488 g/mol. The number of halogens is 1. The normalized spacial score (nSPS) is 10.4. The fourth-order valence-electron chi connectivity index (χ4n) is 2.85. The predicted octanol–water partition coefficient (Wildman–Crippen LogP) is 3.46. The Bertz CT molecular complexity index is 1260. The molecule has 0 radical (unpaired) electrons. The molecule has 0 fully saturated rings. The minimum Gasteiger partial charge on any atom is -0.497 e. The molecular formula is C25H23ClN4O6. The quantitative estimate of drug-likeness (QED) is 0.230. The predicted molar refractivity (Wildman–Crippen MR) is 136 cm³/mol. The summed E-state index contributed by atoms with van der Waals surface area (Å²) < 4.78 is 15.7. The Morgan fingerprint density at radius 3 is 2.28 bits per heavy atom. The van der Waals surface area contributed by atoms with E-state index in [9.17, 15) is 14.4 Å². The number of hydrogen-bond acceptors (Lipinski definition) is 7. The first-order valence-corrected chi connectivity index (χ1v) is 10.9. The number of benzene rings is 3. The number of amides is 3. The Morgan fingerprint density at radius 1 is 0.861 bits per heavy atom. The summed E-state index contributed by atoms with van der Waals surface area (Å²) in [4.78, 5) is 36.3. The first kappa shape index (κ1) is 26.0. The highest BCUT2D eigenvalue weighted by Crippen LogP contribution is 2.28. The molecule has 3 N–H and O–H groups in total. The van der Waals surface area contributed by atoms with Crippen LogP contribution in [0.5, 0.6) is 17.2 Å². The van der Waals surface area contributed by atoms with Crippen LogP contribution in [-0.2, 0) is 14.4 Å². The summed E-state index contributed by atoms with van der Waals surface area (Å²) in [5.74, 6) is -0.959. The van der Waals surface area contributed by atoms with E-state index in [1.165, 1.54) is 26.5 Å². The maximum Gasteiger partial charge on any atom is 0.329 e. The van der Waals surface area contributed by atoms with E-state index in [1.807, 2.05) is 0 Å². The van der Waals surface area contributed by atoms with E-state index in [0.29, 0.717) is 33.5 Å². The van der Waals surface area contributed by atoms with Crippen molar-refractivity contribution >= 4 is 46.9 Å². The molecule has 0 bridgehead atoms.